The highest BCUT2D eigenvalue weighted by atomic mass is 35.5. The predicted octanol–water partition coefficient (Wildman–Crippen LogP) is 6.55. The molecule has 0 saturated carbocycles. The van der Waals surface area contributed by atoms with Crippen LogP contribution in [0.3, 0.4) is 0 Å². The minimum atomic E-state index is -0.0914. The first-order valence-electron chi connectivity index (χ1n) is 9.94. The van der Waals surface area contributed by atoms with Crippen molar-refractivity contribution in [2.75, 3.05) is 25.4 Å². The molecule has 32 heavy (non-hydrogen) atoms. The van der Waals surface area contributed by atoms with Crippen molar-refractivity contribution in [1.29, 1.82) is 0 Å². The van der Waals surface area contributed by atoms with E-state index in [-0.39, 0.29) is 5.91 Å². The van der Waals surface area contributed by atoms with Crippen LogP contribution in [0.25, 0.3) is 11.8 Å². The SMILES string of the molecule is COc1ccc(/C=C2\C=C(c3ccc(Cl)cc3)N(c3ccccc3SC)C2=O)cc1OC. The number of amides is 1. The van der Waals surface area contributed by atoms with Gasteiger partial charge in [-0.25, -0.2) is 0 Å². The van der Waals surface area contributed by atoms with Gasteiger partial charge in [-0.1, -0.05) is 41.9 Å². The van der Waals surface area contributed by atoms with Crippen LogP contribution in [-0.4, -0.2) is 26.4 Å². The van der Waals surface area contributed by atoms with Crippen molar-refractivity contribution in [2.24, 2.45) is 0 Å². The van der Waals surface area contributed by atoms with E-state index in [0.29, 0.717) is 22.1 Å². The highest BCUT2D eigenvalue weighted by Gasteiger charge is 2.31. The zero-order chi connectivity index (χ0) is 22.7. The number of halogens is 1. The van der Waals surface area contributed by atoms with Crippen molar-refractivity contribution in [3.8, 4) is 11.5 Å². The van der Waals surface area contributed by atoms with Crippen molar-refractivity contribution in [1.82, 2.24) is 0 Å². The zero-order valence-electron chi connectivity index (χ0n) is 18.0. The second-order valence-corrected chi connectivity index (χ2v) is 8.35. The zero-order valence-corrected chi connectivity index (χ0v) is 19.5. The van der Waals surface area contributed by atoms with Gasteiger partial charge in [-0.15, -0.1) is 11.8 Å². The monoisotopic (exact) mass is 463 g/mol. The third-order valence-electron chi connectivity index (χ3n) is 5.18. The van der Waals surface area contributed by atoms with E-state index in [1.54, 1.807) is 30.9 Å². The van der Waals surface area contributed by atoms with Crippen LogP contribution < -0.4 is 14.4 Å². The number of hydrogen-bond donors (Lipinski definition) is 0. The quantitative estimate of drug-likeness (QED) is 0.307. The standard InChI is InChI=1S/C26H22ClNO3S/c1-30-23-13-8-17(15-24(23)31-2)14-19-16-22(18-9-11-20(27)12-10-18)28(26(19)29)21-6-4-5-7-25(21)32-3/h4-16H,1-3H3/b19-14+. The molecule has 0 N–H and O–H groups in total. The summed E-state index contributed by atoms with van der Waals surface area (Å²) in [5.74, 6) is 1.16. The molecule has 0 spiro atoms. The summed E-state index contributed by atoms with van der Waals surface area (Å²) in [6, 6.07) is 21.0. The van der Waals surface area contributed by atoms with Gasteiger partial charge in [-0.3, -0.25) is 9.69 Å². The molecule has 0 aliphatic carbocycles. The van der Waals surface area contributed by atoms with E-state index in [4.69, 9.17) is 21.1 Å². The van der Waals surface area contributed by atoms with Crippen molar-refractivity contribution < 1.29 is 14.3 Å². The smallest absolute Gasteiger partial charge is 0.262 e. The van der Waals surface area contributed by atoms with Gasteiger partial charge in [0.25, 0.3) is 5.91 Å². The lowest BCUT2D eigenvalue weighted by Gasteiger charge is -2.23. The first kappa shape index (κ1) is 22.1. The number of thioether (sulfide) groups is 1. The first-order valence-corrected chi connectivity index (χ1v) is 11.5. The van der Waals surface area contributed by atoms with Crippen molar-refractivity contribution in [3.05, 3.63) is 94.5 Å². The maximum absolute atomic E-state index is 13.6. The molecule has 0 bridgehead atoms. The lowest BCUT2D eigenvalue weighted by atomic mass is 10.1. The number of carbonyl (C=O) groups is 1. The van der Waals surface area contributed by atoms with Gasteiger partial charge in [0, 0.05) is 15.5 Å². The van der Waals surface area contributed by atoms with Gasteiger partial charge in [0.2, 0.25) is 0 Å². The van der Waals surface area contributed by atoms with Gasteiger partial charge in [0.15, 0.2) is 11.5 Å². The van der Waals surface area contributed by atoms with Gasteiger partial charge < -0.3 is 9.47 Å². The van der Waals surface area contributed by atoms with Crippen LogP contribution in [0.2, 0.25) is 5.02 Å². The summed E-state index contributed by atoms with van der Waals surface area (Å²) < 4.78 is 10.7. The molecule has 162 valence electrons. The van der Waals surface area contributed by atoms with E-state index in [0.717, 1.165) is 27.4 Å². The second kappa shape index (κ2) is 9.55. The fraction of sp³-hybridized carbons (Fsp3) is 0.115. The summed E-state index contributed by atoms with van der Waals surface area (Å²) in [5.41, 5.74) is 3.99. The van der Waals surface area contributed by atoms with Crippen LogP contribution in [0.1, 0.15) is 11.1 Å². The number of anilines is 1. The van der Waals surface area contributed by atoms with E-state index in [1.165, 1.54) is 0 Å². The first-order chi connectivity index (χ1) is 15.5. The summed E-state index contributed by atoms with van der Waals surface area (Å²) in [5, 5.41) is 0.649. The molecule has 3 aromatic rings. The van der Waals surface area contributed by atoms with Crippen molar-refractivity contribution >= 4 is 46.7 Å². The second-order valence-electron chi connectivity index (χ2n) is 7.06. The topological polar surface area (TPSA) is 38.8 Å². The fourth-order valence-electron chi connectivity index (χ4n) is 3.62. The van der Waals surface area contributed by atoms with Crippen LogP contribution in [0.5, 0.6) is 11.5 Å². The fourth-order valence-corrected chi connectivity index (χ4v) is 4.33. The minimum absolute atomic E-state index is 0.0914. The number of hydrogen-bond acceptors (Lipinski definition) is 4. The number of methoxy groups -OCH3 is 2. The Morgan fingerprint density at radius 3 is 2.34 bits per heavy atom. The van der Waals surface area contributed by atoms with Gasteiger partial charge in [-0.05, 0) is 65.9 Å². The Balaban J connectivity index is 1.83. The van der Waals surface area contributed by atoms with Gasteiger partial charge >= 0.3 is 0 Å². The van der Waals surface area contributed by atoms with E-state index < -0.39 is 0 Å². The molecule has 0 aromatic heterocycles. The molecule has 1 heterocycles. The molecule has 1 aliphatic heterocycles. The summed E-state index contributed by atoms with van der Waals surface area (Å²) in [7, 11) is 3.19. The van der Waals surface area contributed by atoms with E-state index in [1.807, 2.05) is 85.1 Å². The summed E-state index contributed by atoms with van der Waals surface area (Å²) >= 11 is 7.71. The molecule has 6 heteroatoms. The Kier molecular flexibility index (Phi) is 6.58. The Bertz CT molecular complexity index is 1220. The maximum atomic E-state index is 13.6. The van der Waals surface area contributed by atoms with Crippen LogP contribution in [-0.2, 0) is 4.79 Å². The van der Waals surface area contributed by atoms with Crippen LogP contribution >= 0.6 is 23.4 Å². The number of rotatable bonds is 6. The van der Waals surface area contributed by atoms with E-state index >= 15 is 0 Å². The molecular weight excluding hydrogens is 442 g/mol. The minimum Gasteiger partial charge on any atom is -0.493 e. The highest BCUT2D eigenvalue weighted by molar-refractivity contribution is 7.98. The van der Waals surface area contributed by atoms with E-state index in [2.05, 4.69) is 0 Å². The lowest BCUT2D eigenvalue weighted by Crippen LogP contribution is -2.25. The van der Waals surface area contributed by atoms with Crippen LogP contribution in [0, 0.1) is 0 Å². The number of para-hydroxylation sites is 1. The predicted molar refractivity (Wildman–Crippen MR) is 133 cm³/mol. The molecule has 3 aromatic carbocycles. The van der Waals surface area contributed by atoms with Crippen molar-refractivity contribution in [3.63, 3.8) is 0 Å². The number of ether oxygens (including phenoxy) is 2. The third kappa shape index (κ3) is 4.27. The molecular formula is C26H22ClNO3S. The molecule has 0 saturated heterocycles. The maximum Gasteiger partial charge on any atom is 0.262 e. The van der Waals surface area contributed by atoms with Crippen molar-refractivity contribution in [2.45, 2.75) is 4.90 Å². The Morgan fingerprint density at radius 1 is 0.938 bits per heavy atom. The largest absolute Gasteiger partial charge is 0.493 e. The molecule has 0 atom stereocenters. The Labute approximate surface area is 197 Å². The summed E-state index contributed by atoms with van der Waals surface area (Å²) in [6.07, 6.45) is 5.78. The molecule has 1 aliphatic rings. The van der Waals surface area contributed by atoms with E-state index in [9.17, 15) is 4.79 Å². The molecule has 0 unspecified atom stereocenters. The molecule has 1 amide bonds. The molecule has 4 rings (SSSR count). The number of benzene rings is 3. The average molecular weight is 464 g/mol. The Hall–Kier alpha value is -3.15. The molecule has 4 nitrogen and oxygen atoms in total. The summed E-state index contributed by atoms with van der Waals surface area (Å²) in [6.45, 7) is 0. The lowest BCUT2D eigenvalue weighted by molar-refractivity contribution is -0.113. The van der Waals surface area contributed by atoms with Gasteiger partial charge in [0.05, 0.1) is 25.6 Å². The van der Waals surface area contributed by atoms with Crippen LogP contribution in [0.15, 0.2) is 83.3 Å². The average Bonchev–Trinajstić information content (AvgIpc) is 3.14. The molecule has 0 fully saturated rings. The normalized spacial score (nSPS) is 14.6. The highest BCUT2D eigenvalue weighted by Crippen LogP contribution is 2.40. The molecule has 0 radical (unpaired) electrons. The Morgan fingerprint density at radius 2 is 1.66 bits per heavy atom. The van der Waals surface area contributed by atoms with Gasteiger partial charge in [-0.2, -0.15) is 0 Å². The third-order valence-corrected chi connectivity index (χ3v) is 6.22. The van der Waals surface area contributed by atoms with Gasteiger partial charge in [0.1, 0.15) is 0 Å². The number of carbonyl (C=O) groups excluding carboxylic acids is 1. The number of nitrogens with zero attached hydrogens (tertiary/aromatic N) is 1. The van der Waals surface area contributed by atoms with Crippen LogP contribution in [0.4, 0.5) is 5.69 Å². The summed E-state index contributed by atoms with van der Waals surface area (Å²) in [4.78, 5) is 16.4.